The molecule has 0 aliphatic carbocycles. The molecule has 1 aromatic carbocycles. The van der Waals surface area contributed by atoms with E-state index in [9.17, 15) is 4.79 Å². The molecule has 120 valence electrons. The van der Waals surface area contributed by atoms with Crippen LogP contribution >= 0.6 is 0 Å². The lowest BCUT2D eigenvalue weighted by Crippen LogP contribution is -2.41. The Hall–Kier alpha value is -1.33. The smallest absolute Gasteiger partial charge is 0.399 e. The highest BCUT2D eigenvalue weighted by Gasteiger charge is 2.52. The molecular formula is C17H26BNO3. The zero-order valence-corrected chi connectivity index (χ0v) is 14.4. The van der Waals surface area contributed by atoms with Gasteiger partial charge in [0.15, 0.2) is 0 Å². The molecule has 5 heteroatoms. The second kappa shape index (κ2) is 6.05. The molecule has 1 heterocycles. The molecule has 1 saturated heterocycles. The summed E-state index contributed by atoms with van der Waals surface area (Å²) in [7, 11) is -0.391. The number of aryl methyl sites for hydroxylation is 1. The van der Waals surface area contributed by atoms with E-state index in [-0.39, 0.29) is 17.1 Å². The van der Waals surface area contributed by atoms with Gasteiger partial charge in [-0.3, -0.25) is 4.79 Å². The van der Waals surface area contributed by atoms with Gasteiger partial charge in [0.05, 0.1) is 11.2 Å². The van der Waals surface area contributed by atoms with Gasteiger partial charge in [0.1, 0.15) is 0 Å². The molecule has 0 saturated carbocycles. The summed E-state index contributed by atoms with van der Waals surface area (Å²) in [6.07, 6.45) is 0.927. The lowest BCUT2D eigenvalue weighted by atomic mass is 9.76. The average molecular weight is 303 g/mol. The van der Waals surface area contributed by atoms with Crippen molar-refractivity contribution < 1.29 is 14.1 Å². The molecule has 1 aliphatic rings. The summed E-state index contributed by atoms with van der Waals surface area (Å²) in [5.41, 5.74) is 1.93. The minimum Gasteiger partial charge on any atom is -0.399 e. The fraction of sp³-hybridized carbons (Fsp3) is 0.588. The van der Waals surface area contributed by atoms with Crippen molar-refractivity contribution in [3.63, 3.8) is 0 Å². The maximum Gasteiger partial charge on any atom is 0.495 e. The van der Waals surface area contributed by atoms with Gasteiger partial charge in [-0.2, -0.15) is 0 Å². The predicted molar refractivity (Wildman–Crippen MR) is 89.5 cm³/mol. The Morgan fingerprint density at radius 2 is 1.77 bits per heavy atom. The quantitative estimate of drug-likeness (QED) is 0.869. The Morgan fingerprint density at radius 3 is 2.27 bits per heavy atom. The standard InChI is InChI=1S/C17H26BNO3/c1-7-10-19-15(20)13-8-9-14(12(2)11-13)18-21-16(3,4)17(5,6)22-18/h8-9,11H,7,10H2,1-6H3,(H,19,20). The van der Waals surface area contributed by atoms with Gasteiger partial charge in [-0.05, 0) is 58.6 Å². The zero-order valence-electron chi connectivity index (χ0n) is 14.4. The molecule has 1 aliphatic heterocycles. The second-order valence-corrected chi connectivity index (χ2v) is 6.92. The van der Waals surface area contributed by atoms with Gasteiger partial charge < -0.3 is 14.6 Å². The van der Waals surface area contributed by atoms with Crippen LogP contribution in [0.1, 0.15) is 57.0 Å². The van der Waals surface area contributed by atoms with Gasteiger partial charge in [0.2, 0.25) is 0 Å². The van der Waals surface area contributed by atoms with Crippen LogP contribution in [-0.4, -0.2) is 30.8 Å². The van der Waals surface area contributed by atoms with Crippen LogP contribution in [0.15, 0.2) is 18.2 Å². The molecular weight excluding hydrogens is 277 g/mol. The molecule has 22 heavy (non-hydrogen) atoms. The highest BCUT2D eigenvalue weighted by atomic mass is 16.7. The van der Waals surface area contributed by atoms with Gasteiger partial charge in [-0.15, -0.1) is 0 Å². The molecule has 4 nitrogen and oxygen atoms in total. The third-order valence-electron chi connectivity index (χ3n) is 4.57. The molecule has 0 bridgehead atoms. The first-order valence-corrected chi connectivity index (χ1v) is 7.92. The zero-order chi connectivity index (χ0) is 16.5. The first kappa shape index (κ1) is 17.0. The summed E-state index contributed by atoms with van der Waals surface area (Å²) in [4.78, 5) is 12.0. The van der Waals surface area contributed by atoms with Crippen molar-refractivity contribution in [1.29, 1.82) is 0 Å². The van der Waals surface area contributed by atoms with Crippen molar-refractivity contribution >= 4 is 18.5 Å². The number of hydrogen-bond donors (Lipinski definition) is 1. The van der Waals surface area contributed by atoms with Crippen molar-refractivity contribution in [2.75, 3.05) is 6.54 Å². The van der Waals surface area contributed by atoms with Crippen molar-refractivity contribution in [3.8, 4) is 0 Å². The molecule has 0 unspecified atom stereocenters. The topological polar surface area (TPSA) is 47.6 Å². The normalized spacial score (nSPS) is 19.3. The molecule has 2 rings (SSSR count). The summed E-state index contributed by atoms with van der Waals surface area (Å²) in [5.74, 6) is -0.0366. The summed E-state index contributed by atoms with van der Waals surface area (Å²) >= 11 is 0. The minimum atomic E-state index is -0.391. The minimum absolute atomic E-state index is 0.0366. The van der Waals surface area contributed by atoms with E-state index in [4.69, 9.17) is 9.31 Å². The molecule has 1 fully saturated rings. The molecule has 0 aromatic heterocycles. The van der Waals surface area contributed by atoms with Crippen LogP contribution in [0.3, 0.4) is 0 Å². The van der Waals surface area contributed by atoms with Crippen LogP contribution in [0.25, 0.3) is 0 Å². The monoisotopic (exact) mass is 303 g/mol. The number of carbonyl (C=O) groups excluding carboxylic acids is 1. The molecule has 0 radical (unpaired) electrons. The highest BCUT2D eigenvalue weighted by Crippen LogP contribution is 2.36. The van der Waals surface area contributed by atoms with Crippen LogP contribution in [-0.2, 0) is 9.31 Å². The summed E-state index contributed by atoms with van der Waals surface area (Å²) in [6.45, 7) is 12.9. The van der Waals surface area contributed by atoms with E-state index in [1.165, 1.54) is 0 Å². The first-order chi connectivity index (χ1) is 10.2. The Morgan fingerprint density at radius 1 is 1.18 bits per heavy atom. The van der Waals surface area contributed by atoms with Crippen molar-refractivity contribution in [2.45, 2.75) is 59.2 Å². The molecule has 0 atom stereocenters. The number of rotatable bonds is 4. The largest absolute Gasteiger partial charge is 0.495 e. The van der Waals surface area contributed by atoms with Gasteiger partial charge in [0.25, 0.3) is 5.91 Å². The average Bonchev–Trinajstić information content (AvgIpc) is 2.64. The highest BCUT2D eigenvalue weighted by molar-refractivity contribution is 6.62. The van der Waals surface area contributed by atoms with Gasteiger partial charge in [-0.25, -0.2) is 0 Å². The van der Waals surface area contributed by atoms with E-state index in [1.54, 1.807) is 0 Å². The van der Waals surface area contributed by atoms with Crippen molar-refractivity contribution in [3.05, 3.63) is 29.3 Å². The second-order valence-electron chi connectivity index (χ2n) is 6.92. The fourth-order valence-corrected chi connectivity index (χ4v) is 2.39. The summed E-state index contributed by atoms with van der Waals surface area (Å²) in [6, 6.07) is 5.65. The predicted octanol–water partition coefficient (Wildman–Crippen LogP) is 2.43. The lowest BCUT2D eigenvalue weighted by Gasteiger charge is -2.32. The van der Waals surface area contributed by atoms with E-state index < -0.39 is 7.12 Å². The van der Waals surface area contributed by atoms with Crippen LogP contribution < -0.4 is 10.8 Å². The molecule has 1 aromatic rings. The summed E-state index contributed by atoms with van der Waals surface area (Å²) < 4.78 is 12.1. The summed E-state index contributed by atoms with van der Waals surface area (Å²) in [5, 5.41) is 2.89. The number of carbonyl (C=O) groups is 1. The third-order valence-corrected chi connectivity index (χ3v) is 4.57. The number of nitrogens with one attached hydrogen (secondary N) is 1. The Balaban J connectivity index is 2.19. The van der Waals surface area contributed by atoms with E-state index in [0.717, 1.165) is 17.4 Å². The number of amides is 1. The van der Waals surface area contributed by atoms with Crippen molar-refractivity contribution in [1.82, 2.24) is 5.32 Å². The van der Waals surface area contributed by atoms with E-state index >= 15 is 0 Å². The molecule has 1 N–H and O–H groups in total. The third kappa shape index (κ3) is 3.20. The van der Waals surface area contributed by atoms with Gasteiger partial charge in [-0.1, -0.05) is 18.6 Å². The van der Waals surface area contributed by atoms with Crippen LogP contribution in [0.4, 0.5) is 0 Å². The lowest BCUT2D eigenvalue weighted by molar-refractivity contribution is 0.00578. The maximum atomic E-state index is 12.0. The van der Waals surface area contributed by atoms with Gasteiger partial charge in [0, 0.05) is 12.1 Å². The van der Waals surface area contributed by atoms with E-state index in [2.05, 4.69) is 5.32 Å². The Labute approximate surface area is 133 Å². The Kier molecular flexibility index (Phi) is 4.69. The Bertz CT molecular complexity index is 553. The molecule has 0 spiro atoms. The van der Waals surface area contributed by atoms with Crippen LogP contribution in [0.2, 0.25) is 0 Å². The molecule has 1 amide bonds. The first-order valence-electron chi connectivity index (χ1n) is 7.92. The van der Waals surface area contributed by atoms with E-state index in [1.807, 2.05) is 59.7 Å². The number of benzene rings is 1. The van der Waals surface area contributed by atoms with E-state index in [0.29, 0.717) is 12.1 Å². The maximum absolute atomic E-state index is 12.0. The van der Waals surface area contributed by atoms with Crippen LogP contribution in [0.5, 0.6) is 0 Å². The number of hydrogen-bond acceptors (Lipinski definition) is 3. The fourth-order valence-electron chi connectivity index (χ4n) is 2.39. The van der Waals surface area contributed by atoms with Crippen molar-refractivity contribution in [2.24, 2.45) is 0 Å². The van der Waals surface area contributed by atoms with Gasteiger partial charge >= 0.3 is 7.12 Å². The van der Waals surface area contributed by atoms with Crippen LogP contribution in [0, 0.1) is 6.92 Å². The SMILES string of the molecule is CCCNC(=O)c1ccc(B2OC(C)(C)C(C)(C)O2)c(C)c1.